The number of hydrogen-bond acceptors (Lipinski definition) is 4. The molecule has 0 atom stereocenters. The van der Waals surface area contributed by atoms with E-state index in [0.717, 1.165) is 16.3 Å². The first kappa shape index (κ1) is 13.9. The Morgan fingerprint density at radius 3 is 2.82 bits per heavy atom. The van der Waals surface area contributed by atoms with Crippen molar-refractivity contribution in [3.63, 3.8) is 0 Å². The van der Waals surface area contributed by atoms with Crippen LogP contribution in [0.1, 0.15) is 15.9 Å². The Labute approximate surface area is 109 Å². The molecule has 0 heterocycles. The maximum atomic E-state index is 11.1. The number of halogens is 1. The first-order chi connectivity index (χ1) is 8.06. The smallest absolute Gasteiger partial charge is 0.319 e. The lowest BCUT2D eigenvalue weighted by molar-refractivity contribution is -0.141. The molecule has 0 aromatic heterocycles. The van der Waals surface area contributed by atoms with Gasteiger partial charge in [0, 0.05) is 16.6 Å². The molecule has 0 N–H and O–H groups in total. The van der Waals surface area contributed by atoms with Gasteiger partial charge >= 0.3 is 5.97 Å². The van der Waals surface area contributed by atoms with Gasteiger partial charge in [-0.3, -0.25) is 14.5 Å². The molecule has 1 aromatic carbocycles. The zero-order valence-electron chi connectivity index (χ0n) is 9.77. The van der Waals surface area contributed by atoms with E-state index in [1.54, 1.807) is 18.0 Å². The van der Waals surface area contributed by atoms with E-state index in [1.165, 1.54) is 7.11 Å². The summed E-state index contributed by atoms with van der Waals surface area (Å²) >= 11 is 3.31. The number of nitrogens with zero attached hydrogens (tertiary/aromatic N) is 1. The van der Waals surface area contributed by atoms with E-state index in [-0.39, 0.29) is 12.5 Å². The topological polar surface area (TPSA) is 46.6 Å². The number of likely N-dealkylation sites (N-methyl/N-ethyl adjacent to an activating group) is 1. The fourth-order valence-electron chi connectivity index (χ4n) is 1.45. The van der Waals surface area contributed by atoms with Crippen LogP contribution in [0.5, 0.6) is 0 Å². The van der Waals surface area contributed by atoms with Crippen molar-refractivity contribution in [1.29, 1.82) is 0 Å². The summed E-state index contributed by atoms with van der Waals surface area (Å²) in [5.41, 5.74) is 1.51. The van der Waals surface area contributed by atoms with Crippen LogP contribution in [0.25, 0.3) is 0 Å². The highest BCUT2D eigenvalue weighted by molar-refractivity contribution is 9.10. The Bertz CT molecular complexity index is 420. The SMILES string of the molecule is COC(=O)CN(C)Cc1ccc(Br)cc1C=O. The average molecular weight is 300 g/mol. The average Bonchev–Trinajstić information content (AvgIpc) is 2.31. The number of benzene rings is 1. The Morgan fingerprint density at radius 2 is 2.24 bits per heavy atom. The van der Waals surface area contributed by atoms with Crippen LogP contribution in [0.2, 0.25) is 0 Å². The van der Waals surface area contributed by atoms with Crippen LogP contribution in [0.3, 0.4) is 0 Å². The molecule has 4 nitrogen and oxygen atoms in total. The molecule has 0 bridgehead atoms. The number of hydrogen-bond donors (Lipinski definition) is 0. The van der Waals surface area contributed by atoms with Gasteiger partial charge in [0.15, 0.2) is 0 Å². The Balaban J connectivity index is 2.74. The quantitative estimate of drug-likeness (QED) is 0.615. The van der Waals surface area contributed by atoms with Crippen LogP contribution in [0.15, 0.2) is 22.7 Å². The molecule has 0 spiro atoms. The van der Waals surface area contributed by atoms with E-state index >= 15 is 0 Å². The lowest BCUT2D eigenvalue weighted by Crippen LogP contribution is -2.26. The minimum Gasteiger partial charge on any atom is -0.468 e. The number of aldehydes is 1. The van der Waals surface area contributed by atoms with Gasteiger partial charge in [-0.1, -0.05) is 22.0 Å². The van der Waals surface area contributed by atoms with Crippen molar-refractivity contribution < 1.29 is 14.3 Å². The molecular formula is C12H14BrNO3. The molecule has 0 saturated carbocycles. The Morgan fingerprint density at radius 1 is 1.53 bits per heavy atom. The highest BCUT2D eigenvalue weighted by Crippen LogP contribution is 2.16. The van der Waals surface area contributed by atoms with E-state index in [0.29, 0.717) is 12.1 Å². The Kier molecular flexibility index (Phi) is 5.31. The van der Waals surface area contributed by atoms with Crippen molar-refractivity contribution in [2.24, 2.45) is 0 Å². The van der Waals surface area contributed by atoms with Gasteiger partial charge in [0.1, 0.15) is 6.29 Å². The van der Waals surface area contributed by atoms with Gasteiger partial charge in [0.05, 0.1) is 13.7 Å². The molecule has 1 aromatic rings. The third kappa shape index (κ3) is 4.28. The molecular weight excluding hydrogens is 286 g/mol. The van der Waals surface area contributed by atoms with Crippen LogP contribution in [0.4, 0.5) is 0 Å². The molecule has 17 heavy (non-hydrogen) atoms. The highest BCUT2D eigenvalue weighted by Gasteiger charge is 2.09. The van der Waals surface area contributed by atoms with Crippen LogP contribution < -0.4 is 0 Å². The summed E-state index contributed by atoms with van der Waals surface area (Å²) in [6.45, 7) is 0.724. The van der Waals surface area contributed by atoms with Crippen molar-refractivity contribution in [3.05, 3.63) is 33.8 Å². The van der Waals surface area contributed by atoms with Crippen molar-refractivity contribution >= 4 is 28.2 Å². The zero-order valence-corrected chi connectivity index (χ0v) is 11.4. The highest BCUT2D eigenvalue weighted by atomic mass is 79.9. The maximum Gasteiger partial charge on any atom is 0.319 e. The van der Waals surface area contributed by atoms with Crippen LogP contribution in [-0.2, 0) is 16.1 Å². The van der Waals surface area contributed by atoms with E-state index < -0.39 is 0 Å². The molecule has 5 heteroatoms. The van der Waals surface area contributed by atoms with Gasteiger partial charge in [0.25, 0.3) is 0 Å². The summed E-state index contributed by atoms with van der Waals surface area (Å²) in [5, 5.41) is 0. The molecule has 0 amide bonds. The largest absolute Gasteiger partial charge is 0.468 e. The molecule has 1 rings (SSSR count). The zero-order chi connectivity index (χ0) is 12.8. The number of carbonyl (C=O) groups is 2. The van der Waals surface area contributed by atoms with E-state index in [9.17, 15) is 9.59 Å². The molecule has 0 aliphatic carbocycles. The number of carbonyl (C=O) groups excluding carboxylic acids is 2. The number of ether oxygens (including phenoxy) is 1. The van der Waals surface area contributed by atoms with Gasteiger partial charge in [-0.15, -0.1) is 0 Å². The third-order valence-corrected chi connectivity index (χ3v) is 2.80. The monoisotopic (exact) mass is 299 g/mol. The predicted octanol–water partition coefficient (Wildman–Crippen LogP) is 1.87. The minimum atomic E-state index is -0.294. The second kappa shape index (κ2) is 6.51. The summed E-state index contributed by atoms with van der Waals surface area (Å²) in [6, 6.07) is 5.49. The lowest BCUT2D eigenvalue weighted by Gasteiger charge is -2.16. The lowest BCUT2D eigenvalue weighted by atomic mass is 10.1. The van der Waals surface area contributed by atoms with Crippen LogP contribution >= 0.6 is 15.9 Å². The first-order valence-electron chi connectivity index (χ1n) is 5.05. The van der Waals surface area contributed by atoms with Crippen molar-refractivity contribution in [3.8, 4) is 0 Å². The second-order valence-electron chi connectivity index (χ2n) is 3.71. The van der Waals surface area contributed by atoms with Gasteiger partial charge < -0.3 is 4.74 Å². The molecule has 0 aliphatic heterocycles. The second-order valence-corrected chi connectivity index (χ2v) is 4.63. The number of esters is 1. The van der Waals surface area contributed by atoms with Gasteiger partial charge in [-0.05, 0) is 24.7 Å². The fraction of sp³-hybridized carbons (Fsp3) is 0.333. The van der Waals surface area contributed by atoms with Gasteiger partial charge in [0.2, 0.25) is 0 Å². The van der Waals surface area contributed by atoms with Crippen molar-refractivity contribution in [1.82, 2.24) is 4.90 Å². The fourth-order valence-corrected chi connectivity index (χ4v) is 1.83. The predicted molar refractivity (Wildman–Crippen MR) is 67.9 cm³/mol. The van der Waals surface area contributed by atoms with Crippen LogP contribution in [-0.4, -0.2) is 37.9 Å². The molecule has 0 saturated heterocycles. The van der Waals surface area contributed by atoms with Gasteiger partial charge in [-0.2, -0.15) is 0 Å². The maximum absolute atomic E-state index is 11.1. The minimum absolute atomic E-state index is 0.199. The normalized spacial score (nSPS) is 10.4. The van der Waals surface area contributed by atoms with Gasteiger partial charge in [-0.25, -0.2) is 0 Å². The van der Waals surface area contributed by atoms with E-state index in [2.05, 4.69) is 20.7 Å². The number of rotatable bonds is 5. The van der Waals surface area contributed by atoms with Crippen molar-refractivity contribution in [2.75, 3.05) is 20.7 Å². The molecule has 0 radical (unpaired) electrons. The van der Waals surface area contributed by atoms with Crippen LogP contribution in [0, 0.1) is 0 Å². The summed E-state index contributed by atoms with van der Waals surface area (Å²) in [5.74, 6) is -0.294. The summed E-state index contributed by atoms with van der Waals surface area (Å²) in [6.07, 6.45) is 0.812. The Hall–Kier alpha value is -1.20. The number of methoxy groups -OCH3 is 1. The summed E-state index contributed by atoms with van der Waals surface area (Å²) in [4.78, 5) is 23.8. The molecule has 0 aliphatic rings. The third-order valence-electron chi connectivity index (χ3n) is 2.30. The summed E-state index contributed by atoms with van der Waals surface area (Å²) in [7, 11) is 3.15. The first-order valence-corrected chi connectivity index (χ1v) is 5.85. The van der Waals surface area contributed by atoms with E-state index in [4.69, 9.17) is 0 Å². The molecule has 92 valence electrons. The molecule has 0 unspecified atom stereocenters. The summed E-state index contributed by atoms with van der Waals surface area (Å²) < 4.78 is 5.44. The molecule has 0 fully saturated rings. The van der Waals surface area contributed by atoms with Crippen molar-refractivity contribution in [2.45, 2.75) is 6.54 Å². The standard InChI is InChI=1S/C12H14BrNO3/c1-14(7-12(16)17-2)6-9-3-4-11(13)5-10(9)8-15/h3-5,8H,6-7H2,1-2H3. The van der Waals surface area contributed by atoms with E-state index in [1.807, 2.05) is 12.1 Å².